The van der Waals surface area contributed by atoms with E-state index >= 15 is 0 Å². The number of methoxy groups -OCH3 is 2. The Morgan fingerprint density at radius 1 is 1.00 bits per heavy atom. The molecule has 11 heteroatoms. The van der Waals surface area contributed by atoms with E-state index in [9.17, 15) is 14.4 Å². The van der Waals surface area contributed by atoms with Crippen molar-refractivity contribution in [3.05, 3.63) is 119 Å². The summed E-state index contributed by atoms with van der Waals surface area (Å²) in [7, 11) is 3.04. The van der Waals surface area contributed by atoms with E-state index in [-0.39, 0.29) is 17.9 Å². The molecule has 43 heavy (non-hydrogen) atoms. The summed E-state index contributed by atoms with van der Waals surface area (Å²) in [5.74, 6) is 0.138. The average molecular weight is 664 g/mol. The standard InChI is InChI=1S/C32H27BrN2O7S/c1-5-41-31(38)27-18(2)34-32-35(28(27)20-10-12-23(39-3)13-11-20)29(36)26(43-32)16-19-9-14-24(25(15-19)40-4)42-30(37)21-7-6-8-22(33)17-21/h6-17,28H,5H2,1-4H3/b26-16+/t28-/m1/s1. The molecule has 0 saturated heterocycles. The first-order valence-electron chi connectivity index (χ1n) is 13.2. The van der Waals surface area contributed by atoms with Crippen LogP contribution in [0.1, 0.15) is 41.4 Å². The molecule has 0 spiro atoms. The minimum Gasteiger partial charge on any atom is -0.497 e. The van der Waals surface area contributed by atoms with E-state index in [1.807, 2.05) is 18.2 Å². The molecule has 1 atom stereocenters. The number of hydrogen-bond acceptors (Lipinski definition) is 9. The molecule has 0 radical (unpaired) electrons. The molecule has 3 aromatic carbocycles. The molecule has 1 aliphatic heterocycles. The van der Waals surface area contributed by atoms with Crippen molar-refractivity contribution in [3.8, 4) is 17.2 Å². The van der Waals surface area contributed by atoms with Crippen molar-refractivity contribution in [2.45, 2.75) is 19.9 Å². The van der Waals surface area contributed by atoms with Crippen LogP contribution in [0.2, 0.25) is 0 Å². The Morgan fingerprint density at radius 2 is 1.77 bits per heavy atom. The normalized spacial score (nSPS) is 14.5. The van der Waals surface area contributed by atoms with E-state index in [1.54, 1.807) is 75.6 Å². The fourth-order valence-electron chi connectivity index (χ4n) is 4.68. The van der Waals surface area contributed by atoms with Gasteiger partial charge in [0, 0.05) is 4.47 Å². The molecule has 1 aromatic heterocycles. The van der Waals surface area contributed by atoms with E-state index in [1.165, 1.54) is 23.0 Å². The van der Waals surface area contributed by atoms with Gasteiger partial charge in [0.2, 0.25) is 0 Å². The number of hydrogen-bond donors (Lipinski definition) is 0. The molecule has 0 aliphatic carbocycles. The maximum Gasteiger partial charge on any atom is 0.343 e. The summed E-state index contributed by atoms with van der Waals surface area (Å²) in [6, 6.07) is 18.3. The van der Waals surface area contributed by atoms with Gasteiger partial charge in [-0.05, 0) is 73.5 Å². The van der Waals surface area contributed by atoms with Crippen LogP contribution < -0.4 is 29.1 Å². The molecule has 0 saturated carbocycles. The summed E-state index contributed by atoms with van der Waals surface area (Å²) in [6.45, 7) is 3.65. The second-order valence-electron chi connectivity index (χ2n) is 9.39. The fraction of sp³-hybridized carbons (Fsp3) is 0.188. The number of carbonyl (C=O) groups is 2. The molecule has 9 nitrogen and oxygen atoms in total. The number of nitrogens with zero attached hydrogens (tertiary/aromatic N) is 2. The van der Waals surface area contributed by atoms with Gasteiger partial charge >= 0.3 is 11.9 Å². The summed E-state index contributed by atoms with van der Waals surface area (Å²) in [6.07, 6.45) is 1.71. The molecule has 0 amide bonds. The number of allylic oxidation sites excluding steroid dienone is 1. The van der Waals surface area contributed by atoms with Crippen molar-refractivity contribution in [2.24, 2.45) is 4.99 Å². The summed E-state index contributed by atoms with van der Waals surface area (Å²) in [5.41, 5.74) is 2.19. The van der Waals surface area contributed by atoms with E-state index in [4.69, 9.17) is 18.9 Å². The van der Waals surface area contributed by atoms with Crippen LogP contribution >= 0.6 is 27.3 Å². The van der Waals surface area contributed by atoms with Crippen molar-refractivity contribution in [3.63, 3.8) is 0 Å². The van der Waals surface area contributed by atoms with Crippen LogP contribution in [0.25, 0.3) is 6.08 Å². The maximum absolute atomic E-state index is 13.9. The highest BCUT2D eigenvalue weighted by Gasteiger charge is 2.33. The highest BCUT2D eigenvalue weighted by atomic mass is 79.9. The second-order valence-corrected chi connectivity index (χ2v) is 11.3. The zero-order valence-corrected chi connectivity index (χ0v) is 26.2. The van der Waals surface area contributed by atoms with Gasteiger partial charge in [0.25, 0.3) is 5.56 Å². The zero-order valence-electron chi connectivity index (χ0n) is 23.8. The van der Waals surface area contributed by atoms with Crippen molar-refractivity contribution in [1.29, 1.82) is 0 Å². The third-order valence-electron chi connectivity index (χ3n) is 6.70. The Labute approximate surface area is 259 Å². The number of ether oxygens (including phenoxy) is 4. The van der Waals surface area contributed by atoms with E-state index < -0.39 is 18.0 Å². The summed E-state index contributed by atoms with van der Waals surface area (Å²) in [4.78, 5) is 44.7. The van der Waals surface area contributed by atoms with Gasteiger partial charge in [0.1, 0.15) is 5.75 Å². The Bertz CT molecular complexity index is 1930. The lowest BCUT2D eigenvalue weighted by molar-refractivity contribution is -0.139. The van der Waals surface area contributed by atoms with Crippen LogP contribution in [0.3, 0.4) is 0 Å². The van der Waals surface area contributed by atoms with Crippen LogP contribution in [0.15, 0.2) is 92.3 Å². The third kappa shape index (κ3) is 6.18. The van der Waals surface area contributed by atoms with Gasteiger partial charge < -0.3 is 18.9 Å². The molecular weight excluding hydrogens is 636 g/mol. The highest BCUT2D eigenvalue weighted by molar-refractivity contribution is 9.10. The largest absolute Gasteiger partial charge is 0.497 e. The van der Waals surface area contributed by atoms with Crippen LogP contribution in [0.4, 0.5) is 0 Å². The van der Waals surface area contributed by atoms with Crippen molar-refractivity contribution in [1.82, 2.24) is 4.57 Å². The molecule has 2 heterocycles. The minimum absolute atomic E-state index is 0.186. The third-order valence-corrected chi connectivity index (χ3v) is 8.17. The van der Waals surface area contributed by atoms with Gasteiger partial charge in [0.05, 0.1) is 48.2 Å². The van der Waals surface area contributed by atoms with Gasteiger partial charge in [-0.3, -0.25) is 9.36 Å². The van der Waals surface area contributed by atoms with Gasteiger partial charge in [-0.2, -0.15) is 0 Å². The lowest BCUT2D eigenvalue weighted by Crippen LogP contribution is -2.39. The number of benzene rings is 3. The van der Waals surface area contributed by atoms with Gasteiger partial charge in [0.15, 0.2) is 16.3 Å². The van der Waals surface area contributed by atoms with Gasteiger partial charge in [-0.1, -0.05) is 51.5 Å². The Hall–Kier alpha value is -4.48. The first-order valence-corrected chi connectivity index (χ1v) is 14.8. The first-order chi connectivity index (χ1) is 20.7. The topological polar surface area (TPSA) is 105 Å². The minimum atomic E-state index is -0.738. The molecular formula is C32H27BrN2O7S. The Morgan fingerprint density at radius 3 is 2.44 bits per heavy atom. The molecule has 220 valence electrons. The predicted octanol–water partition coefficient (Wildman–Crippen LogP) is 4.80. The zero-order chi connectivity index (χ0) is 30.7. The van der Waals surface area contributed by atoms with Crippen LogP contribution in [-0.2, 0) is 9.53 Å². The fourth-order valence-corrected chi connectivity index (χ4v) is 6.12. The van der Waals surface area contributed by atoms with Crippen molar-refractivity contribution >= 4 is 45.3 Å². The molecule has 4 aromatic rings. The number of aromatic nitrogens is 1. The van der Waals surface area contributed by atoms with Gasteiger partial charge in [-0.15, -0.1) is 0 Å². The number of thiazole rings is 1. The van der Waals surface area contributed by atoms with Crippen LogP contribution in [0, 0.1) is 0 Å². The number of rotatable bonds is 8. The summed E-state index contributed by atoms with van der Waals surface area (Å²) in [5, 5.41) is 0. The quantitative estimate of drug-likeness (QED) is 0.197. The van der Waals surface area contributed by atoms with Crippen molar-refractivity contribution in [2.75, 3.05) is 20.8 Å². The van der Waals surface area contributed by atoms with Gasteiger partial charge in [-0.25, -0.2) is 14.6 Å². The number of esters is 2. The summed E-state index contributed by atoms with van der Waals surface area (Å²) < 4.78 is 24.4. The number of halogens is 1. The lowest BCUT2D eigenvalue weighted by Gasteiger charge is -2.24. The van der Waals surface area contributed by atoms with Crippen LogP contribution in [0.5, 0.6) is 17.2 Å². The Balaban J connectivity index is 1.55. The SMILES string of the molecule is CCOC(=O)C1=C(C)N=c2s/c(=C/c3ccc(OC(=O)c4cccc(Br)c4)c(OC)c3)c(=O)n2[C@@H]1c1ccc(OC)cc1. The molecule has 1 aliphatic rings. The predicted molar refractivity (Wildman–Crippen MR) is 165 cm³/mol. The number of carbonyl (C=O) groups excluding carboxylic acids is 2. The molecule has 5 rings (SSSR count). The second kappa shape index (κ2) is 12.8. The number of fused-ring (bicyclic) bond motifs is 1. The molecule has 0 fully saturated rings. The van der Waals surface area contributed by atoms with E-state index in [2.05, 4.69) is 20.9 Å². The maximum atomic E-state index is 13.9. The van der Waals surface area contributed by atoms with Crippen molar-refractivity contribution < 1.29 is 28.5 Å². The molecule has 0 bridgehead atoms. The summed E-state index contributed by atoms with van der Waals surface area (Å²) >= 11 is 4.56. The molecule has 0 N–H and O–H groups in total. The van der Waals surface area contributed by atoms with Crippen LogP contribution in [-0.4, -0.2) is 37.3 Å². The smallest absolute Gasteiger partial charge is 0.343 e. The monoisotopic (exact) mass is 662 g/mol. The highest BCUT2D eigenvalue weighted by Crippen LogP contribution is 2.32. The Kier molecular flexibility index (Phi) is 8.93. The van der Waals surface area contributed by atoms with E-state index in [0.717, 1.165) is 4.47 Å². The molecule has 0 unspecified atom stereocenters. The average Bonchev–Trinajstić information content (AvgIpc) is 3.30. The first kappa shape index (κ1) is 30.0. The lowest BCUT2D eigenvalue weighted by atomic mass is 9.96. The van der Waals surface area contributed by atoms with E-state index in [0.29, 0.717) is 48.8 Å².